The molecule has 3 rings (SSSR count). The molecule has 1 aromatic carbocycles. The van der Waals surface area contributed by atoms with E-state index >= 15 is 0 Å². The van der Waals surface area contributed by atoms with Crippen molar-refractivity contribution in [2.45, 2.75) is 25.3 Å². The molecular weight excluding hydrogens is 240 g/mol. The minimum absolute atomic E-state index is 0.513. The molecule has 19 heavy (non-hydrogen) atoms. The van der Waals surface area contributed by atoms with Gasteiger partial charge in [-0.15, -0.1) is 0 Å². The van der Waals surface area contributed by atoms with E-state index in [-0.39, 0.29) is 0 Å². The molecule has 2 heterocycles. The normalized spacial score (nSPS) is 19.9. The molecule has 2 aromatic rings. The van der Waals surface area contributed by atoms with Gasteiger partial charge in [-0.3, -0.25) is 0 Å². The molecule has 1 unspecified atom stereocenters. The molecule has 1 aliphatic heterocycles. The van der Waals surface area contributed by atoms with Crippen LogP contribution in [0.25, 0.3) is 11.3 Å². The molecule has 0 aliphatic carbocycles. The van der Waals surface area contributed by atoms with Crippen LogP contribution in [0.3, 0.4) is 0 Å². The molecule has 0 amide bonds. The number of hydrogen-bond donors (Lipinski definition) is 1. The molecular formula is C15H18N2O2. The number of nitrogens with zero attached hydrogens (tertiary/aromatic N) is 1. The van der Waals surface area contributed by atoms with Crippen molar-refractivity contribution in [3.63, 3.8) is 0 Å². The predicted molar refractivity (Wildman–Crippen MR) is 74.0 cm³/mol. The van der Waals surface area contributed by atoms with Crippen molar-refractivity contribution < 1.29 is 9.15 Å². The van der Waals surface area contributed by atoms with Crippen LogP contribution in [0.2, 0.25) is 0 Å². The fourth-order valence-electron chi connectivity index (χ4n) is 2.37. The van der Waals surface area contributed by atoms with E-state index in [1.165, 1.54) is 12.8 Å². The van der Waals surface area contributed by atoms with Gasteiger partial charge in [-0.2, -0.15) is 0 Å². The first-order valence-electron chi connectivity index (χ1n) is 6.75. The first-order chi connectivity index (χ1) is 9.42. The molecule has 0 spiro atoms. The standard InChI is InChI=1S/C15H18N2O2/c1-2-13(7-9-18-8-1)17-14-5-3-12(4-6-14)15-10-16-11-19-15/h3-6,10-11,13,17H,1-2,7-9H2. The van der Waals surface area contributed by atoms with E-state index in [0.717, 1.165) is 43.1 Å². The molecule has 1 aromatic heterocycles. The highest BCUT2D eigenvalue weighted by Gasteiger charge is 2.12. The summed E-state index contributed by atoms with van der Waals surface area (Å²) in [5.74, 6) is 0.800. The molecule has 1 saturated heterocycles. The van der Waals surface area contributed by atoms with Crippen molar-refractivity contribution >= 4 is 5.69 Å². The van der Waals surface area contributed by atoms with E-state index in [1.54, 1.807) is 6.20 Å². The average molecular weight is 258 g/mol. The fraction of sp³-hybridized carbons (Fsp3) is 0.400. The highest BCUT2D eigenvalue weighted by molar-refractivity contribution is 5.60. The molecule has 4 heteroatoms. The number of ether oxygens (including phenoxy) is 1. The lowest BCUT2D eigenvalue weighted by Crippen LogP contribution is -2.19. The highest BCUT2D eigenvalue weighted by Crippen LogP contribution is 2.22. The number of anilines is 1. The van der Waals surface area contributed by atoms with Crippen LogP contribution in [0.4, 0.5) is 5.69 Å². The van der Waals surface area contributed by atoms with Crippen LogP contribution in [-0.4, -0.2) is 24.2 Å². The Morgan fingerprint density at radius 2 is 2.00 bits per heavy atom. The van der Waals surface area contributed by atoms with E-state index in [2.05, 4.69) is 34.6 Å². The zero-order valence-electron chi connectivity index (χ0n) is 10.8. The van der Waals surface area contributed by atoms with Crippen LogP contribution < -0.4 is 5.32 Å². The Labute approximate surface area is 112 Å². The van der Waals surface area contributed by atoms with Crippen LogP contribution in [0.5, 0.6) is 0 Å². The van der Waals surface area contributed by atoms with Gasteiger partial charge in [-0.1, -0.05) is 0 Å². The minimum atomic E-state index is 0.513. The lowest BCUT2D eigenvalue weighted by Gasteiger charge is -2.17. The van der Waals surface area contributed by atoms with E-state index in [0.29, 0.717) is 6.04 Å². The maximum absolute atomic E-state index is 5.47. The zero-order chi connectivity index (χ0) is 12.9. The summed E-state index contributed by atoms with van der Waals surface area (Å²) in [4.78, 5) is 3.93. The molecule has 0 saturated carbocycles. The van der Waals surface area contributed by atoms with Crippen molar-refractivity contribution in [1.29, 1.82) is 0 Å². The van der Waals surface area contributed by atoms with E-state index in [9.17, 15) is 0 Å². The van der Waals surface area contributed by atoms with Crippen molar-refractivity contribution in [2.75, 3.05) is 18.5 Å². The van der Waals surface area contributed by atoms with Gasteiger partial charge in [0.15, 0.2) is 12.2 Å². The SMILES string of the molecule is c1ncc(-c2ccc(NC3CCCOCC3)cc2)o1. The number of benzene rings is 1. The average Bonchev–Trinajstić information content (AvgIpc) is 2.86. The molecule has 1 fully saturated rings. The zero-order valence-corrected chi connectivity index (χ0v) is 10.8. The van der Waals surface area contributed by atoms with Gasteiger partial charge in [0, 0.05) is 30.5 Å². The third-order valence-electron chi connectivity index (χ3n) is 3.42. The number of hydrogen-bond acceptors (Lipinski definition) is 4. The summed E-state index contributed by atoms with van der Waals surface area (Å²) >= 11 is 0. The Morgan fingerprint density at radius 3 is 2.79 bits per heavy atom. The smallest absolute Gasteiger partial charge is 0.181 e. The van der Waals surface area contributed by atoms with Gasteiger partial charge in [0.05, 0.1) is 6.20 Å². The summed E-state index contributed by atoms with van der Waals surface area (Å²) in [6, 6.07) is 8.79. The Bertz CT molecular complexity index is 485. The topological polar surface area (TPSA) is 47.3 Å². The van der Waals surface area contributed by atoms with Crippen molar-refractivity contribution in [1.82, 2.24) is 4.98 Å². The third kappa shape index (κ3) is 3.15. The van der Waals surface area contributed by atoms with Crippen LogP contribution in [-0.2, 0) is 4.74 Å². The second-order valence-corrected chi connectivity index (χ2v) is 4.83. The van der Waals surface area contributed by atoms with E-state index in [1.807, 2.05) is 0 Å². The maximum Gasteiger partial charge on any atom is 0.181 e. The predicted octanol–water partition coefficient (Wildman–Crippen LogP) is 3.32. The molecule has 1 N–H and O–H groups in total. The summed E-state index contributed by atoms with van der Waals surface area (Å²) < 4.78 is 10.7. The number of oxazole rings is 1. The summed E-state index contributed by atoms with van der Waals surface area (Å²) in [6.07, 6.45) is 6.56. The molecule has 1 aliphatic rings. The first kappa shape index (κ1) is 12.2. The third-order valence-corrected chi connectivity index (χ3v) is 3.42. The fourth-order valence-corrected chi connectivity index (χ4v) is 2.37. The van der Waals surface area contributed by atoms with E-state index in [4.69, 9.17) is 9.15 Å². The quantitative estimate of drug-likeness (QED) is 0.917. The summed E-state index contributed by atoms with van der Waals surface area (Å²) in [5, 5.41) is 3.57. The Kier molecular flexibility index (Phi) is 3.79. The second kappa shape index (κ2) is 5.89. The number of rotatable bonds is 3. The van der Waals surface area contributed by atoms with Gasteiger partial charge >= 0.3 is 0 Å². The van der Waals surface area contributed by atoms with Crippen LogP contribution >= 0.6 is 0 Å². The largest absolute Gasteiger partial charge is 0.444 e. The lowest BCUT2D eigenvalue weighted by atomic mass is 10.1. The summed E-state index contributed by atoms with van der Waals surface area (Å²) in [5.41, 5.74) is 2.20. The highest BCUT2D eigenvalue weighted by atomic mass is 16.5. The molecule has 4 nitrogen and oxygen atoms in total. The molecule has 1 atom stereocenters. The monoisotopic (exact) mass is 258 g/mol. The first-order valence-corrected chi connectivity index (χ1v) is 6.75. The number of nitrogens with one attached hydrogen (secondary N) is 1. The Balaban J connectivity index is 1.65. The van der Waals surface area contributed by atoms with Crippen LogP contribution in [0, 0.1) is 0 Å². The van der Waals surface area contributed by atoms with E-state index < -0.39 is 0 Å². The molecule has 100 valence electrons. The van der Waals surface area contributed by atoms with Crippen LogP contribution in [0.15, 0.2) is 41.3 Å². The maximum atomic E-state index is 5.47. The van der Waals surface area contributed by atoms with Crippen molar-refractivity contribution in [3.05, 3.63) is 36.9 Å². The van der Waals surface area contributed by atoms with Gasteiger partial charge in [-0.25, -0.2) is 4.98 Å². The lowest BCUT2D eigenvalue weighted by molar-refractivity contribution is 0.144. The van der Waals surface area contributed by atoms with Gasteiger partial charge in [0.2, 0.25) is 0 Å². The Morgan fingerprint density at radius 1 is 1.11 bits per heavy atom. The minimum Gasteiger partial charge on any atom is -0.444 e. The van der Waals surface area contributed by atoms with Crippen molar-refractivity contribution in [2.24, 2.45) is 0 Å². The van der Waals surface area contributed by atoms with Crippen molar-refractivity contribution in [3.8, 4) is 11.3 Å². The summed E-state index contributed by atoms with van der Waals surface area (Å²) in [7, 11) is 0. The van der Waals surface area contributed by atoms with Gasteiger partial charge < -0.3 is 14.5 Å². The van der Waals surface area contributed by atoms with Crippen LogP contribution in [0.1, 0.15) is 19.3 Å². The van der Waals surface area contributed by atoms with Gasteiger partial charge in [-0.05, 0) is 43.5 Å². The summed E-state index contributed by atoms with van der Waals surface area (Å²) in [6.45, 7) is 1.75. The second-order valence-electron chi connectivity index (χ2n) is 4.83. The van der Waals surface area contributed by atoms with Gasteiger partial charge in [0.25, 0.3) is 0 Å². The van der Waals surface area contributed by atoms with Gasteiger partial charge in [0.1, 0.15) is 0 Å². The molecule has 0 radical (unpaired) electrons. The number of aromatic nitrogens is 1. The Hall–Kier alpha value is -1.81. The molecule has 0 bridgehead atoms.